The van der Waals surface area contributed by atoms with Gasteiger partial charge in [0, 0.05) is 19.0 Å². The maximum atomic E-state index is 12.2. The van der Waals surface area contributed by atoms with Gasteiger partial charge < -0.3 is 5.32 Å². The van der Waals surface area contributed by atoms with Crippen LogP contribution in [0, 0.1) is 0 Å². The Morgan fingerprint density at radius 3 is 2.10 bits per heavy atom. The maximum absolute atomic E-state index is 12.2. The zero-order chi connectivity index (χ0) is 14.9. The van der Waals surface area contributed by atoms with E-state index in [2.05, 4.69) is 37.2 Å². The zero-order valence-electron chi connectivity index (χ0n) is 9.68. The number of rotatable bonds is 2. The molecule has 2 rings (SSSR count). The van der Waals surface area contributed by atoms with E-state index in [1.54, 1.807) is 24.3 Å². The zero-order valence-corrected chi connectivity index (χ0v) is 15.1. The van der Waals surface area contributed by atoms with Crippen LogP contribution in [0.5, 0.6) is 0 Å². The molecule has 2 aromatic rings. The van der Waals surface area contributed by atoms with Gasteiger partial charge in [0.1, 0.15) is 0 Å². The van der Waals surface area contributed by atoms with E-state index >= 15 is 0 Å². The van der Waals surface area contributed by atoms with Crippen LogP contribution in [0.4, 0.5) is 5.69 Å². The molecule has 0 saturated carbocycles. The Morgan fingerprint density at radius 2 is 1.55 bits per heavy atom. The first-order valence-electron chi connectivity index (χ1n) is 5.29. The number of halogens is 5. The van der Waals surface area contributed by atoms with E-state index < -0.39 is 0 Å². The molecule has 0 radical (unpaired) electrons. The van der Waals surface area contributed by atoms with Crippen molar-refractivity contribution >= 4 is 78.3 Å². The van der Waals surface area contributed by atoms with Crippen molar-refractivity contribution in [2.45, 2.75) is 0 Å². The van der Waals surface area contributed by atoms with E-state index in [4.69, 9.17) is 34.8 Å². The fraction of sp³-hybridized carbons (Fsp3) is 0. The van der Waals surface area contributed by atoms with Gasteiger partial charge in [-0.05, 0) is 62.2 Å². The number of carbonyl (C=O) groups excluding carboxylic acids is 1. The Hall–Kier alpha value is -0.260. The summed E-state index contributed by atoms with van der Waals surface area (Å²) in [4.78, 5) is 12.2. The average Bonchev–Trinajstić information content (AvgIpc) is 2.33. The van der Waals surface area contributed by atoms with Gasteiger partial charge >= 0.3 is 0 Å². The molecule has 0 heterocycles. The Labute approximate surface area is 147 Å². The summed E-state index contributed by atoms with van der Waals surface area (Å²) in [5, 5.41) is 4.07. The monoisotopic (exact) mass is 455 g/mol. The highest BCUT2D eigenvalue weighted by Gasteiger charge is 2.15. The molecule has 0 aromatic heterocycles. The smallest absolute Gasteiger partial charge is 0.257 e. The van der Waals surface area contributed by atoms with Gasteiger partial charge in [-0.25, -0.2) is 0 Å². The molecule has 0 saturated heterocycles. The van der Waals surface area contributed by atoms with Gasteiger partial charge in [0.05, 0.1) is 16.3 Å². The van der Waals surface area contributed by atoms with E-state index in [1.165, 1.54) is 6.07 Å². The normalized spacial score (nSPS) is 10.4. The van der Waals surface area contributed by atoms with E-state index in [0.29, 0.717) is 30.2 Å². The summed E-state index contributed by atoms with van der Waals surface area (Å²) in [5.74, 6) is -0.338. The molecule has 0 atom stereocenters. The minimum atomic E-state index is -0.338. The Kier molecular flexibility index (Phi) is 5.37. The molecule has 2 nitrogen and oxygen atoms in total. The van der Waals surface area contributed by atoms with Crippen LogP contribution < -0.4 is 5.32 Å². The third kappa shape index (κ3) is 3.68. The lowest BCUT2D eigenvalue weighted by Gasteiger charge is -2.11. The molecule has 0 bridgehead atoms. The molecule has 0 spiro atoms. The molecular formula is C13H6Br2Cl3NO. The first-order chi connectivity index (χ1) is 9.38. The van der Waals surface area contributed by atoms with Gasteiger partial charge in [0.15, 0.2) is 0 Å². The van der Waals surface area contributed by atoms with Gasteiger partial charge in [-0.3, -0.25) is 4.79 Å². The van der Waals surface area contributed by atoms with Crippen molar-refractivity contribution in [3.63, 3.8) is 0 Å². The van der Waals surface area contributed by atoms with Gasteiger partial charge in [0.25, 0.3) is 5.91 Å². The minimum absolute atomic E-state index is 0.288. The van der Waals surface area contributed by atoms with Crippen LogP contribution in [0.3, 0.4) is 0 Å². The topological polar surface area (TPSA) is 29.1 Å². The predicted molar refractivity (Wildman–Crippen MR) is 91.3 cm³/mol. The van der Waals surface area contributed by atoms with Crippen molar-refractivity contribution in [2.24, 2.45) is 0 Å². The lowest BCUT2D eigenvalue weighted by atomic mass is 10.2. The van der Waals surface area contributed by atoms with E-state index in [1.807, 2.05) is 0 Å². The molecule has 20 heavy (non-hydrogen) atoms. The molecule has 2 aromatic carbocycles. The van der Waals surface area contributed by atoms with Gasteiger partial charge in [-0.15, -0.1) is 0 Å². The Morgan fingerprint density at radius 1 is 0.950 bits per heavy atom. The highest BCUT2D eigenvalue weighted by molar-refractivity contribution is 9.11. The molecule has 0 aliphatic heterocycles. The fourth-order valence-corrected chi connectivity index (χ4v) is 3.88. The molecule has 104 valence electrons. The molecule has 0 aliphatic carbocycles. The molecule has 0 unspecified atom stereocenters. The number of anilines is 1. The van der Waals surface area contributed by atoms with Crippen LogP contribution >= 0.6 is 66.7 Å². The van der Waals surface area contributed by atoms with Crippen LogP contribution in [0.25, 0.3) is 0 Å². The van der Waals surface area contributed by atoms with Crippen molar-refractivity contribution in [1.82, 2.24) is 0 Å². The summed E-state index contributed by atoms with van der Waals surface area (Å²) in [6.07, 6.45) is 0. The molecule has 7 heteroatoms. The van der Waals surface area contributed by atoms with Gasteiger partial charge in [-0.1, -0.05) is 34.8 Å². The molecule has 0 fully saturated rings. The van der Waals surface area contributed by atoms with E-state index in [0.717, 1.165) is 0 Å². The van der Waals surface area contributed by atoms with Crippen molar-refractivity contribution in [1.29, 1.82) is 0 Å². The molecule has 1 amide bonds. The van der Waals surface area contributed by atoms with Crippen LogP contribution in [0.15, 0.2) is 39.3 Å². The number of hydrogen-bond acceptors (Lipinski definition) is 1. The van der Waals surface area contributed by atoms with E-state index in [9.17, 15) is 4.79 Å². The highest BCUT2D eigenvalue weighted by atomic mass is 79.9. The lowest BCUT2D eigenvalue weighted by molar-refractivity contribution is 0.102. The van der Waals surface area contributed by atoms with Crippen LogP contribution in [0.2, 0.25) is 15.1 Å². The second kappa shape index (κ2) is 6.67. The SMILES string of the molecule is O=C(Nc1c(Br)cc(Cl)cc1Br)c1ccc(Cl)cc1Cl. The summed E-state index contributed by atoms with van der Waals surface area (Å²) >= 11 is 24.4. The maximum Gasteiger partial charge on any atom is 0.257 e. The predicted octanol–water partition coefficient (Wildman–Crippen LogP) is 6.42. The summed E-state index contributed by atoms with van der Waals surface area (Å²) in [5.41, 5.74) is 0.912. The quantitative estimate of drug-likeness (QED) is 0.553. The van der Waals surface area contributed by atoms with Crippen molar-refractivity contribution in [3.05, 3.63) is 59.9 Å². The number of carbonyl (C=O) groups is 1. The standard InChI is InChI=1S/C13H6Br2Cl3NO/c14-9-3-7(17)4-10(15)12(9)19-13(20)8-2-1-6(16)5-11(8)18/h1-5H,(H,19,20). The molecular weight excluding hydrogens is 452 g/mol. The Bertz CT molecular complexity index is 668. The second-order valence-corrected chi connectivity index (χ2v) is 6.81. The summed E-state index contributed by atoms with van der Waals surface area (Å²) in [7, 11) is 0. The fourth-order valence-electron chi connectivity index (χ4n) is 1.52. The summed E-state index contributed by atoms with van der Waals surface area (Å²) in [6.45, 7) is 0. The first-order valence-corrected chi connectivity index (χ1v) is 8.01. The van der Waals surface area contributed by atoms with Crippen molar-refractivity contribution < 1.29 is 4.79 Å². The number of hydrogen-bond donors (Lipinski definition) is 1. The minimum Gasteiger partial charge on any atom is -0.320 e. The molecule has 1 N–H and O–H groups in total. The van der Waals surface area contributed by atoms with Gasteiger partial charge in [-0.2, -0.15) is 0 Å². The summed E-state index contributed by atoms with van der Waals surface area (Å²) < 4.78 is 1.32. The third-order valence-electron chi connectivity index (χ3n) is 2.42. The number of amides is 1. The van der Waals surface area contributed by atoms with Crippen LogP contribution in [-0.4, -0.2) is 5.91 Å². The van der Waals surface area contributed by atoms with Crippen molar-refractivity contribution in [2.75, 3.05) is 5.32 Å². The van der Waals surface area contributed by atoms with E-state index in [-0.39, 0.29) is 10.9 Å². The van der Waals surface area contributed by atoms with Crippen LogP contribution in [0.1, 0.15) is 10.4 Å². The molecule has 0 aliphatic rings. The second-order valence-electron chi connectivity index (χ2n) is 3.82. The first kappa shape index (κ1) is 16.1. The average molecular weight is 458 g/mol. The number of nitrogens with one attached hydrogen (secondary N) is 1. The Balaban J connectivity index is 2.33. The van der Waals surface area contributed by atoms with Crippen LogP contribution in [-0.2, 0) is 0 Å². The van der Waals surface area contributed by atoms with Gasteiger partial charge in [0.2, 0.25) is 0 Å². The van der Waals surface area contributed by atoms with Crippen molar-refractivity contribution in [3.8, 4) is 0 Å². The number of benzene rings is 2. The lowest BCUT2D eigenvalue weighted by Crippen LogP contribution is -2.13. The third-order valence-corrected chi connectivity index (χ3v) is 4.44. The summed E-state index contributed by atoms with van der Waals surface area (Å²) in [6, 6.07) is 8.06. The largest absolute Gasteiger partial charge is 0.320 e. The highest BCUT2D eigenvalue weighted by Crippen LogP contribution is 2.35.